The highest BCUT2D eigenvalue weighted by atomic mass is 16.5. The maximum absolute atomic E-state index is 12.4. The molecule has 0 radical (unpaired) electrons. The van der Waals surface area contributed by atoms with Crippen LogP contribution in [-0.4, -0.2) is 38.1 Å². The maximum atomic E-state index is 12.4. The van der Waals surface area contributed by atoms with Gasteiger partial charge in [-0.1, -0.05) is 20.8 Å². The van der Waals surface area contributed by atoms with Crippen LogP contribution < -0.4 is 10.6 Å². The summed E-state index contributed by atoms with van der Waals surface area (Å²) in [4.78, 5) is 24.3. The van der Waals surface area contributed by atoms with Crippen molar-refractivity contribution >= 4 is 11.8 Å². The van der Waals surface area contributed by atoms with Crippen molar-refractivity contribution in [2.75, 3.05) is 26.3 Å². The summed E-state index contributed by atoms with van der Waals surface area (Å²) in [6.45, 7) is 9.04. The smallest absolute Gasteiger partial charge is 0.232 e. The second-order valence-electron chi connectivity index (χ2n) is 7.00. The first-order valence-corrected chi connectivity index (χ1v) is 7.53. The van der Waals surface area contributed by atoms with Gasteiger partial charge in [0.05, 0.1) is 0 Å². The Balaban J connectivity index is 1.91. The number of carbonyl (C=O) groups is 2. The van der Waals surface area contributed by atoms with E-state index in [0.29, 0.717) is 19.0 Å². The van der Waals surface area contributed by atoms with Crippen LogP contribution >= 0.6 is 0 Å². The van der Waals surface area contributed by atoms with E-state index in [1.165, 1.54) is 0 Å². The third-order valence-corrected chi connectivity index (χ3v) is 4.48. The zero-order valence-corrected chi connectivity index (χ0v) is 12.7. The second-order valence-corrected chi connectivity index (χ2v) is 7.00. The van der Waals surface area contributed by atoms with Gasteiger partial charge in [0.15, 0.2) is 0 Å². The Morgan fingerprint density at radius 2 is 2.00 bits per heavy atom. The molecule has 0 bridgehead atoms. The van der Waals surface area contributed by atoms with E-state index in [1.807, 2.05) is 0 Å². The number of ether oxygens (including phenoxy) is 1. The molecule has 0 saturated carbocycles. The number of nitrogens with one attached hydrogen (secondary N) is 2. The van der Waals surface area contributed by atoms with Gasteiger partial charge in [-0.15, -0.1) is 0 Å². The lowest BCUT2D eigenvalue weighted by molar-refractivity contribution is -0.135. The van der Waals surface area contributed by atoms with Gasteiger partial charge in [-0.25, -0.2) is 0 Å². The van der Waals surface area contributed by atoms with E-state index in [2.05, 4.69) is 31.4 Å². The number of hydrogen-bond acceptors (Lipinski definition) is 3. The Hall–Kier alpha value is -1.10. The molecule has 20 heavy (non-hydrogen) atoms. The van der Waals surface area contributed by atoms with Crippen molar-refractivity contribution < 1.29 is 14.3 Å². The van der Waals surface area contributed by atoms with Gasteiger partial charge in [-0.3, -0.25) is 9.59 Å². The van der Waals surface area contributed by atoms with Crippen molar-refractivity contribution in [1.82, 2.24) is 10.6 Å². The summed E-state index contributed by atoms with van der Waals surface area (Å²) in [5.41, 5.74) is -0.0557. The van der Waals surface area contributed by atoms with Crippen molar-refractivity contribution in [3.8, 4) is 0 Å². The third kappa shape index (κ3) is 3.51. The molecule has 0 spiro atoms. The Labute approximate surface area is 120 Å². The molecular formula is C15H26N2O3. The van der Waals surface area contributed by atoms with Crippen LogP contribution in [0.3, 0.4) is 0 Å². The fourth-order valence-electron chi connectivity index (χ4n) is 3.03. The average Bonchev–Trinajstić information content (AvgIpc) is 2.79. The minimum Gasteiger partial charge on any atom is -0.381 e. The second kappa shape index (κ2) is 6.12. The fourth-order valence-corrected chi connectivity index (χ4v) is 3.03. The standard InChI is InChI=1S/C15H26N2O3/c1-15(2,3)11-9-17-14(19)12(11)13(18)16-8-10-4-6-20-7-5-10/h10-12H,4-9H2,1-3H3,(H,16,18)(H,17,19)/t11-,12+/m0/s1. The minimum atomic E-state index is -0.546. The van der Waals surface area contributed by atoms with Gasteiger partial charge in [0, 0.05) is 32.2 Å². The third-order valence-electron chi connectivity index (χ3n) is 4.48. The number of carbonyl (C=O) groups excluding carboxylic acids is 2. The normalized spacial score (nSPS) is 28.2. The minimum absolute atomic E-state index is 0.0557. The Kier molecular flexibility index (Phi) is 4.68. The van der Waals surface area contributed by atoms with Gasteiger partial charge < -0.3 is 15.4 Å². The predicted molar refractivity (Wildman–Crippen MR) is 76.0 cm³/mol. The van der Waals surface area contributed by atoms with Crippen LogP contribution in [0.1, 0.15) is 33.6 Å². The van der Waals surface area contributed by atoms with Crippen LogP contribution in [-0.2, 0) is 14.3 Å². The first-order valence-electron chi connectivity index (χ1n) is 7.53. The molecule has 0 aromatic rings. The van der Waals surface area contributed by atoms with Gasteiger partial charge in [-0.05, 0) is 24.2 Å². The van der Waals surface area contributed by atoms with Crippen molar-refractivity contribution in [2.24, 2.45) is 23.2 Å². The summed E-state index contributed by atoms with van der Waals surface area (Å²) in [6, 6.07) is 0. The predicted octanol–water partition coefficient (Wildman–Crippen LogP) is 0.937. The highest BCUT2D eigenvalue weighted by molar-refractivity contribution is 6.02. The lowest BCUT2D eigenvalue weighted by atomic mass is 9.74. The molecule has 5 nitrogen and oxygen atoms in total. The largest absolute Gasteiger partial charge is 0.381 e. The van der Waals surface area contributed by atoms with E-state index in [0.717, 1.165) is 26.1 Å². The Morgan fingerprint density at radius 3 is 2.60 bits per heavy atom. The van der Waals surface area contributed by atoms with Gasteiger partial charge >= 0.3 is 0 Å². The summed E-state index contributed by atoms with van der Waals surface area (Å²) in [5, 5.41) is 5.80. The van der Waals surface area contributed by atoms with Crippen LogP contribution in [0.5, 0.6) is 0 Å². The topological polar surface area (TPSA) is 67.4 Å². The van der Waals surface area contributed by atoms with Crippen molar-refractivity contribution in [1.29, 1.82) is 0 Å². The summed E-state index contributed by atoms with van der Waals surface area (Å²) >= 11 is 0. The van der Waals surface area contributed by atoms with Crippen molar-refractivity contribution in [2.45, 2.75) is 33.6 Å². The monoisotopic (exact) mass is 282 g/mol. The van der Waals surface area contributed by atoms with Crippen molar-refractivity contribution in [3.05, 3.63) is 0 Å². The van der Waals surface area contributed by atoms with Crippen LogP contribution in [0.15, 0.2) is 0 Å². The molecule has 0 aliphatic carbocycles. The van der Waals surface area contributed by atoms with E-state index in [-0.39, 0.29) is 23.1 Å². The van der Waals surface area contributed by atoms with Gasteiger partial charge in [0.25, 0.3) is 0 Å². The van der Waals surface area contributed by atoms with Gasteiger partial charge in [-0.2, -0.15) is 0 Å². The Morgan fingerprint density at radius 1 is 1.35 bits per heavy atom. The molecule has 2 heterocycles. The first kappa shape index (κ1) is 15.3. The van der Waals surface area contributed by atoms with Crippen LogP contribution in [0.25, 0.3) is 0 Å². The molecule has 2 saturated heterocycles. The number of hydrogen-bond donors (Lipinski definition) is 2. The van der Waals surface area contributed by atoms with E-state index < -0.39 is 5.92 Å². The molecule has 5 heteroatoms. The van der Waals surface area contributed by atoms with Gasteiger partial charge in [0.2, 0.25) is 11.8 Å². The number of amides is 2. The summed E-state index contributed by atoms with van der Waals surface area (Å²) in [5.74, 6) is -0.259. The lowest BCUT2D eigenvalue weighted by Crippen LogP contribution is -2.43. The van der Waals surface area contributed by atoms with E-state index in [4.69, 9.17) is 4.74 Å². The molecule has 2 atom stereocenters. The number of rotatable bonds is 3. The van der Waals surface area contributed by atoms with E-state index in [9.17, 15) is 9.59 Å². The van der Waals surface area contributed by atoms with Gasteiger partial charge in [0.1, 0.15) is 5.92 Å². The first-order chi connectivity index (χ1) is 9.39. The SMILES string of the molecule is CC(C)(C)[C@H]1CNC(=O)[C@H]1C(=O)NCC1CCOCC1. The average molecular weight is 282 g/mol. The molecule has 2 fully saturated rings. The van der Waals surface area contributed by atoms with Crippen molar-refractivity contribution in [3.63, 3.8) is 0 Å². The molecule has 2 aliphatic heterocycles. The van der Waals surface area contributed by atoms with E-state index in [1.54, 1.807) is 0 Å². The zero-order chi connectivity index (χ0) is 14.8. The quantitative estimate of drug-likeness (QED) is 0.757. The summed E-state index contributed by atoms with van der Waals surface area (Å²) in [7, 11) is 0. The lowest BCUT2D eigenvalue weighted by Gasteiger charge is -2.30. The molecule has 0 aromatic heterocycles. The molecule has 0 unspecified atom stereocenters. The van der Waals surface area contributed by atoms with Crippen LogP contribution in [0.2, 0.25) is 0 Å². The molecule has 2 aliphatic rings. The highest BCUT2D eigenvalue weighted by Crippen LogP contribution is 2.35. The highest BCUT2D eigenvalue weighted by Gasteiger charge is 2.45. The molecule has 2 rings (SSSR count). The molecule has 2 N–H and O–H groups in total. The van der Waals surface area contributed by atoms with Crippen LogP contribution in [0.4, 0.5) is 0 Å². The Bertz CT molecular complexity index is 370. The molecule has 114 valence electrons. The molecular weight excluding hydrogens is 256 g/mol. The summed E-state index contributed by atoms with van der Waals surface area (Å²) < 4.78 is 5.31. The van der Waals surface area contributed by atoms with Crippen LogP contribution in [0, 0.1) is 23.2 Å². The van der Waals surface area contributed by atoms with E-state index >= 15 is 0 Å². The fraction of sp³-hybridized carbons (Fsp3) is 0.867. The maximum Gasteiger partial charge on any atom is 0.232 e. The zero-order valence-electron chi connectivity index (χ0n) is 12.7. The summed E-state index contributed by atoms with van der Waals surface area (Å²) in [6.07, 6.45) is 1.97. The molecule has 0 aromatic carbocycles. The molecule has 2 amide bonds.